The van der Waals surface area contributed by atoms with Crippen LogP contribution in [0.2, 0.25) is 0 Å². The third-order valence-electron chi connectivity index (χ3n) is 4.16. The van der Waals surface area contributed by atoms with Gasteiger partial charge in [-0.25, -0.2) is 0 Å². The Morgan fingerprint density at radius 3 is 2.31 bits per heavy atom. The fraction of sp³-hybridized carbons (Fsp3) is 0.158. The second-order valence-corrected chi connectivity index (χ2v) is 5.89. The van der Waals surface area contributed by atoms with E-state index in [1.807, 2.05) is 0 Å². The number of hydrogen-bond donors (Lipinski definition) is 1. The highest BCUT2D eigenvalue weighted by atomic mass is 19.4. The minimum Gasteiger partial charge on any atom is -0.365 e. The van der Waals surface area contributed by atoms with Gasteiger partial charge in [-0.1, -0.05) is 42.5 Å². The minimum absolute atomic E-state index is 0.0126. The fourth-order valence-corrected chi connectivity index (χ4v) is 3.14. The van der Waals surface area contributed by atoms with Crippen molar-refractivity contribution in [2.45, 2.75) is 13.1 Å². The number of carbonyl (C=O) groups excluding carboxylic acids is 1. The van der Waals surface area contributed by atoms with Crippen LogP contribution >= 0.6 is 0 Å². The second-order valence-electron chi connectivity index (χ2n) is 5.89. The summed E-state index contributed by atoms with van der Waals surface area (Å²) in [5.41, 5.74) is 5.77. The van der Waals surface area contributed by atoms with Crippen LogP contribution in [0.4, 0.5) is 13.2 Å². The van der Waals surface area contributed by atoms with E-state index >= 15 is 0 Å². The normalized spacial score (nSPS) is 11.6. The lowest BCUT2D eigenvalue weighted by molar-refractivity contribution is -0.137. The molecule has 1 amide bonds. The molecule has 0 aliphatic heterocycles. The second kappa shape index (κ2) is 6.33. The molecule has 4 nitrogen and oxygen atoms in total. The van der Waals surface area contributed by atoms with E-state index in [-0.39, 0.29) is 22.5 Å². The van der Waals surface area contributed by atoms with Gasteiger partial charge in [-0.2, -0.15) is 18.3 Å². The standard InChI is InChI=1S/C19H16F3N3O/c1-11-15(18(23)26)17(25(2)24-11)16-13(12-7-4-3-5-8-12)9-6-10-14(16)19(20,21)22/h3-10H,1-2H3,(H2,23,26). The molecule has 0 atom stereocenters. The van der Waals surface area contributed by atoms with E-state index in [0.29, 0.717) is 11.1 Å². The number of halogens is 3. The van der Waals surface area contributed by atoms with Gasteiger partial charge in [-0.05, 0) is 24.1 Å². The van der Waals surface area contributed by atoms with Crippen molar-refractivity contribution in [3.63, 3.8) is 0 Å². The molecule has 2 aromatic carbocycles. The van der Waals surface area contributed by atoms with Gasteiger partial charge in [0, 0.05) is 12.6 Å². The molecule has 0 radical (unpaired) electrons. The van der Waals surface area contributed by atoms with Crippen LogP contribution in [0.5, 0.6) is 0 Å². The zero-order chi connectivity index (χ0) is 19.1. The number of aromatic nitrogens is 2. The maximum Gasteiger partial charge on any atom is 0.417 e. The average molecular weight is 359 g/mol. The topological polar surface area (TPSA) is 60.9 Å². The Bertz CT molecular complexity index is 976. The molecule has 0 fully saturated rings. The number of amides is 1. The first-order valence-corrected chi connectivity index (χ1v) is 7.81. The third kappa shape index (κ3) is 2.96. The van der Waals surface area contributed by atoms with Crippen molar-refractivity contribution in [3.05, 3.63) is 65.4 Å². The van der Waals surface area contributed by atoms with Gasteiger partial charge in [0.05, 0.1) is 22.5 Å². The maximum atomic E-state index is 13.8. The molecule has 1 aromatic heterocycles. The molecular formula is C19H16F3N3O. The van der Waals surface area contributed by atoms with E-state index in [9.17, 15) is 18.0 Å². The van der Waals surface area contributed by atoms with Gasteiger partial charge >= 0.3 is 6.18 Å². The van der Waals surface area contributed by atoms with Crippen LogP contribution in [0.3, 0.4) is 0 Å². The Kier molecular flexibility index (Phi) is 4.31. The lowest BCUT2D eigenvalue weighted by Gasteiger charge is -2.18. The molecule has 0 aliphatic carbocycles. The van der Waals surface area contributed by atoms with Gasteiger partial charge in [0.25, 0.3) is 5.91 Å². The Morgan fingerprint density at radius 2 is 1.73 bits per heavy atom. The molecule has 1 heterocycles. The summed E-state index contributed by atoms with van der Waals surface area (Å²) in [5, 5.41) is 4.12. The summed E-state index contributed by atoms with van der Waals surface area (Å²) in [6.45, 7) is 1.54. The molecule has 7 heteroatoms. The highest BCUT2D eigenvalue weighted by molar-refractivity contribution is 6.02. The third-order valence-corrected chi connectivity index (χ3v) is 4.16. The molecule has 0 aliphatic rings. The molecular weight excluding hydrogens is 343 g/mol. The SMILES string of the molecule is Cc1nn(C)c(-c2c(-c3ccccc3)cccc2C(F)(F)F)c1C(N)=O. The smallest absolute Gasteiger partial charge is 0.365 e. The monoisotopic (exact) mass is 359 g/mol. The van der Waals surface area contributed by atoms with Crippen molar-refractivity contribution in [1.29, 1.82) is 0 Å². The molecule has 0 saturated carbocycles. The number of primary amides is 1. The number of hydrogen-bond acceptors (Lipinski definition) is 2. The number of nitrogens with two attached hydrogens (primary N) is 1. The largest absolute Gasteiger partial charge is 0.417 e. The van der Waals surface area contributed by atoms with Crippen molar-refractivity contribution in [2.24, 2.45) is 12.8 Å². The number of alkyl halides is 3. The molecule has 134 valence electrons. The van der Waals surface area contributed by atoms with E-state index in [0.717, 1.165) is 6.07 Å². The first-order valence-electron chi connectivity index (χ1n) is 7.81. The van der Waals surface area contributed by atoms with Crippen molar-refractivity contribution < 1.29 is 18.0 Å². The Balaban J connectivity index is 2.46. The van der Waals surface area contributed by atoms with Crippen LogP contribution in [0.25, 0.3) is 22.4 Å². The van der Waals surface area contributed by atoms with Gasteiger partial charge in [-0.3, -0.25) is 9.48 Å². The highest BCUT2D eigenvalue weighted by Gasteiger charge is 2.37. The fourth-order valence-electron chi connectivity index (χ4n) is 3.14. The zero-order valence-electron chi connectivity index (χ0n) is 14.1. The summed E-state index contributed by atoms with van der Waals surface area (Å²) in [6, 6.07) is 12.6. The van der Waals surface area contributed by atoms with Crippen LogP contribution in [0, 0.1) is 6.92 Å². The van der Waals surface area contributed by atoms with E-state index in [2.05, 4.69) is 5.10 Å². The van der Waals surface area contributed by atoms with Gasteiger partial charge in [0.2, 0.25) is 0 Å². The molecule has 3 rings (SSSR count). The van der Waals surface area contributed by atoms with Gasteiger partial charge in [-0.15, -0.1) is 0 Å². The summed E-state index contributed by atoms with van der Waals surface area (Å²) in [5.74, 6) is -0.818. The summed E-state index contributed by atoms with van der Waals surface area (Å²) < 4.78 is 42.5. The molecule has 26 heavy (non-hydrogen) atoms. The minimum atomic E-state index is -4.60. The van der Waals surface area contributed by atoms with Crippen molar-refractivity contribution in [2.75, 3.05) is 0 Å². The number of nitrogens with zero attached hydrogens (tertiary/aromatic N) is 2. The summed E-state index contributed by atoms with van der Waals surface area (Å²) in [7, 11) is 1.50. The molecule has 3 aromatic rings. The predicted molar refractivity (Wildman–Crippen MR) is 92.3 cm³/mol. The van der Waals surface area contributed by atoms with Crippen LogP contribution in [-0.2, 0) is 13.2 Å². The van der Waals surface area contributed by atoms with E-state index in [1.54, 1.807) is 43.3 Å². The van der Waals surface area contributed by atoms with E-state index in [4.69, 9.17) is 5.73 Å². The Morgan fingerprint density at radius 1 is 1.08 bits per heavy atom. The lowest BCUT2D eigenvalue weighted by Crippen LogP contribution is -2.15. The van der Waals surface area contributed by atoms with E-state index in [1.165, 1.54) is 17.8 Å². The van der Waals surface area contributed by atoms with Crippen molar-refractivity contribution >= 4 is 5.91 Å². The quantitative estimate of drug-likeness (QED) is 0.763. The van der Waals surface area contributed by atoms with Crippen LogP contribution in [0.1, 0.15) is 21.6 Å². The van der Waals surface area contributed by atoms with Crippen LogP contribution in [-0.4, -0.2) is 15.7 Å². The molecule has 0 spiro atoms. The van der Waals surface area contributed by atoms with Gasteiger partial charge in [0.15, 0.2) is 0 Å². The maximum absolute atomic E-state index is 13.8. The van der Waals surface area contributed by atoms with Crippen molar-refractivity contribution in [3.8, 4) is 22.4 Å². The van der Waals surface area contributed by atoms with Crippen molar-refractivity contribution in [1.82, 2.24) is 9.78 Å². The molecule has 0 saturated heterocycles. The molecule has 0 unspecified atom stereocenters. The molecule has 2 N–H and O–H groups in total. The summed E-state index contributed by atoms with van der Waals surface area (Å²) in [6.07, 6.45) is -4.60. The first-order chi connectivity index (χ1) is 12.2. The average Bonchev–Trinajstić information content (AvgIpc) is 2.88. The Hall–Kier alpha value is -3.09. The van der Waals surface area contributed by atoms with E-state index < -0.39 is 17.6 Å². The van der Waals surface area contributed by atoms with Gasteiger partial charge < -0.3 is 5.73 Å². The summed E-state index contributed by atoms with van der Waals surface area (Å²) in [4.78, 5) is 11.9. The predicted octanol–water partition coefficient (Wildman–Crippen LogP) is 4.18. The number of aryl methyl sites for hydroxylation is 2. The number of carbonyl (C=O) groups is 1. The molecule has 0 bridgehead atoms. The van der Waals surface area contributed by atoms with Gasteiger partial charge in [0.1, 0.15) is 0 Å². The highest BCUT2D eigenvalue weighted by Crippen LogP contribution is 2.43. The first kappa shape index (κ1) is 17.7. The lowest BCUT2D eigenvalue weighted by atomic mass is 9.90. The zero-order valence-corrected chi connectivity index (χ0v) is 14.1. The summed E-state index contributed by atoms with van der Waals surface area (Å²) >= 11 is 0. The van der Waals surface area contributed by atoms with Crippen LogP contribution < -0.4 is 5.73 Å². The number of rotatable bonds is 3. The number of benzene rings is 2. The Labute approximate surface area is 148 Å². The van der Waals surface area contributed by atoms with Crippen LogP contribution in [0.15, 0.2) is 48.5 Å².